The summed E-state index contributed by atoms with van der Waals surface area (Å²) in [6.07, 6.45) is 4.34. The van der Waals surface area contributed by atoms with E-state index in [1.165, 1.54) is 5.56 Å². The summed E-state index contributed by atoms with van der Waals surface area (Å²) in [4.78, 5) is 3.99. The van der Waals surface area contributed by atoms with Gasteiger partial charge in [0.25, 0.3) is 0 Å². The molecule has 0 fully saturated rings. The molecule has 17 heavy (non-hydrogen) atoms. The third kappa shape index (κ3) is 2.82. The Balaban J connectivity index is 2.17. The Morgan fingerprint density at radius 2 is 1.88 bits per heavy atom. The quantitative estimate of drug-likeness (QED) is 0.873. The highest BCUT2D eigenvalue weighted by molar-refractivity contribution is 5.36. The maximum atomic E-state index is 6.20. The number of hydrogen-bond donors (Lipinski definition) is 1. The van der Waals surface area contributed by atoms with Crippen LogP contribution in [0.2, 0.25) is 0 Å². The van der Waals surface area contributed by atoms with Crippen LogP contribution in [0.1, 0.15) is 17.2 Å². The molecule has 1 aromatic heterocycles. The van der Waals surface area contributed by atoms with Crippen LogP contribution in [0.3, 0.4) is 0 Å². The first-order valence-corrected chi connectivity index (χ1v) is 5.58. The minimum absolute atomic E-state index is 0.0615. The van der Waals surface area contributed by atoms with Gasteiger partial charge < -0.3 is 10.5 Å². The van der Waals surface area contributed by atoms with Gasteiger partial charge in [-0.2, -0.15) is 0 Å². The number of nitrogens with zero attached hydrogens (tertiary/aromatic N) is 1. The van der Waals surface area contributed by atoms with Crippen LogP contribution in [0.15, 0.2) is 48.8 Å². The summed E-state index contributed by atoms with van der Waals surface area (Å²) < 4.78 is 5.31. The van der Waals surface area contributed by atoms with Gasteiger partial charge in [0.1, 0.15) is 5.75 Å². The monoisotopic (exact) mass is 228 g/mol. The van der Waals surface area contributed by atoms with Crippen LogP contribution in [0.4, 0.5) is 0 Å². The molecule has 1 aromatic carbocycles. The second kappa shape index (κ2) is 5.46. The van der Waals surface area contributed by atoms with Crippen molar-refractivity contribution in [3.63, 3.8) is 0 Å². The lowest BCUT2D eigenvalue weighted by atomic mass is 9.99. The Hall–Kier alpha value is -1.87. The fourth-order valence-corrected chi connectivity index (χ4v) is 1.86. The SMILES string of the molecule is COc1ccccc1C(N)Cc1ccncc1. The fourth-order valence-electron chi connectivity index (χ4n) is 1.86. The lowest BCUT2D eigenvalue weighted by Gasteiger charge is -2.15. The van der Waals surface area contributed by atoms with Gasteiger partial charge in [0.2, 0.25) is 0 Å². The van der Waals surface area contributed by atoms with Crippen molar-refractivity contribution in [1.29, 1.82) is 0 Å². The van der Waals surface area contributed by atoms with Crippen molar-refractivity contribution in [3.8, 4) is 5.75 Å². The van der Waals surface area contributed by atoms with Crippen LogP contribution >= 0.6 is 0 Å². The Labute approximate surface area is 101 Å². The average Bonchev–Trinajstić information content (AvgIpc) is 2.40. The normalized spacial score (nSPS) is 12.1. The fraction of sp³-hybridized carbons (Fsp3) is 0.214. The zero-order chi connectivity index (χ0) is 12.1. The van der Waals surface area contributed by atoms with Crippen LogP contribution in [0.25, 0.3) is 0 Å². The summed E-state index contributed by atoms with van der Waals surface area (Å²) in [5.74, 6) is 0.842. The minimum atomic E-state index is -0.0615. The molecule has 3 nitrogen and oxygen atoms in total. The van der Waals surface area contributed by atoms with E-state index in [9.17, 15) is 0 Å². The molecular weight excluding hydrogens is 212 g/mol. The highest BCUT2D eigenvalue weighted by Gasteiger charge is 2.11. The van der Waals surface area contributed by atoms with Crippen molar-refractivity contribution in [2.75, 3.05) is 7.11 Å². The van der Waals surface area contributed by atoms with Crippen molar-refractivity contribution in [1.82, 2.24) is 4.98 Å². The zero-order valence-electron chi connectivity index (χ0n) is 9.84. The molecule has 0 saturated heterocycles. The maximum Gasteiger partial charge on any atom is 0.123 e. The van der Waals surface area contributed by atoms with E-state index in [0.29, 0.717) is 0 Å². The molecule has 3 heteroatoms. The number of para-hydroxylation sites is 1. The molecule has 2 rings (SSSR count). The molecule has 2 aromatic rings. The maximum absolute atomic E-state index is 6.20. The molecule has 1 unspecified atom stereocenters. The number of methoxy groups -OCH3 is 1. The van der Waals surface area contributed by atoms with E-state index in [-0.39, 0.29) is 6.04 Å². The minimum Gasteiger partial charge on any atom is -0.496 e. The predicted octanol–water partition coefficient (Wildman–Crippen LogP) is 2.33. The van der Waals surface area contributed by atoms with Crippen molar-refractivity contribution in [2.45, 2.75) is 12.5 Å². The molecule has 0 bridgehead atoms. The van der Waals surface area contributed by atoms with Crippen LogP contribution < -0.4 is 10.5 Å². The largest absolute Gasteiger partial charge is 0.496 e. The molecule has 0 saturated carbocycles. The third-order valence-electron chi connectivity index (χ3n) is 2.74. The highest BCUT2D eigenvalue weighted by Crippen LogP contribution is 2.25. The van der Waals surface area contributed by atoms with Gasteiger partial charge in [-0.25, -0.2) is 0 Å². The summed E-state index contributed by atoms with van der Waals surface area (Å²) in [7, 11) is 1.66. The number of benzene rings is 1. The first-order chi connectivity index (χ1) is 8.31. The van der Waals surface area contributed by atoms with E-state index in [4.69, 9.17) is 10.5 Å². The van der Waals surface area contributed by atoms with Gasteiger partial charge in [0, 0.05) is 24.0 Å². The van der Waals surface area contributed by atoms with Crippen molar-refractivity contribution in [3.05, 3.63) is 59.9 Å². The summed E-state index contributed by atoms with van der Waals surface area (Å²) in [6, 6.07) is 11.8. The van der Waals surface area contributed by atoms with Gasteiger partial charge in [-0.15, -0.1) is 0 Å². The van der Waals surface area contributed by atoms with E-state index in [1.54, 1.807) is 19.5 Å². The van der Waals surface area contributed by atoms with Crippen LogP contribution in [0, 0.1) is 0 Å². The molecule has 0 aliphatic carbocycles. The average molecular weight is 228 g/mol. The van der Waals surface area contributed by atoms with Crippen molar-refractivity contribution < 1.29 is 4.74 Å². The lowest BCUT2D eigenvalue weighted by molar-refractivity contribution is 0.405. The van der Waals surface area contributed by atoms with E-state index in [1.807, 2.05) is 36.4 Å². The van der Waals surface area contributed by atoms with Crippen molar-refractivity contribution >= 4 is 0 Å². The second-order valence-corrected chi connectivity index (χ2v) is 3.91. The molecule has 0 aliphatic rings. The van der Waals surface area contributed by atoms with E-state index in [2.05, 4.69) is 4.98 Å². The number of aromatic nitrogens is 1. The number of rotatable bonds is 4. The number of hydrogen-bond acceptors (Lipinski definition) is 3. The highest BCUT2D eigenvalue weighted by atomic mass is 16.5. The second-order valence-electron chi connectivity index (χ2n) is 3.91. The van der Waals surface area contributed by atoms with Crippen LogP contribution in [0.5, 0.6) is 5.75 Å². The van der Waals surface area contributed by atoms with Crippen molar-refractivity contribution in [2.24, 2.45) is 5.73 Å². The summed E-state index contributed by atoms with van der Waals surface area (Å²) >= 11 is 0. The summed E-state index contributed by atoms with van der Waals surface area (Å²) in [6.45, 7) is 0. The van der Waals surface area contributed by atoms with Gasteiger partial charge in [-0.1, -0.05) is 18.2 Å². The van der Waals surface area contributed by atoms with Crippen LogP contribution in [-0.2, 0) is 6.42 Å². The summed E-state index contributed by atoms with van der Waals surface area (Å²) in [5, 5.41) is 0. The van der Waals surface area contributed by atoms with Gasteiger partial charge >= 0.3 is 0 Å². The number of ether oxygens (including phenoxy) is 1. The van der Waals surface area contributed by atoms with Gasteiger partial charge in [0.15, 0.2) is 0 Å². The smallest absolute Gasteiger partial charge is 0.123 e. The third-order valence-corrected chi connectivity index (χ3v) is 2.74. The Morgan fingerprint density at radius 3 is 2.59 bits per heavy atom. The summed E-state index contributed by atoms with van der Waals surface area (Å²) in [5.41, 5.74) is 8.42. The molecule has 1 atom stereocenters. The zero-order valence-corrected chi connectivity index (χ0v) is 9.84. The molecular formula is C14H16N2O. The molecule has 88 valence electrons. The van der Waals surface area contributed by atoms with Gasteiger partial charge in [-0.05, 0) is 30.2 Å². The molecule has 0 radical (unpaired) electrons. The molecule has 1 heterocycles. The lowest BCUT2D eigenvalue weighted by Crippen LogP contribution is -2.14. The van der Waals surface area contributed by atoms with E-state index in [0.717, 1.165) is 17.7 Å². The molecule has 0 spiro atoms. The predicted molar refractivity (Wildman–Crippen MR) is 67.9 cm³/mol. The Morgan fingerprint density at radius 1 is 1.18 bits per heavy atom. The van der Waals surface area contributed by atoms with Gasteiger partial charge in [-0.3, -0.25) is 4.98 Å². The number of nitrogens with two attached hydrogens (primary N) is 1. The molecule has 0 aliphatic heterocycles. The Kier molecular flexibility index (Phi) is 3.73. The van der Waals surface area contributed by atoms with E-state index >= 15 is 0 Å². The van der Waals surface area contributed by atoms with Crippen LogP contribution in [-0.4, -0.2) is 12.1 Å². The van der Waals surface area contributed by atoms with Gasteiger partial charge in [0.05, 0.1) is 7.11 Å². The first kappa shape index (κ1) is 11.6. The number of pyridine rings is 1. The first-order valence-electron chi connectivity index (χ1n) is 5.58. The molecule has 2 N–H and O–H groups in total. The van der Waals surface area contributed by atoms with E-state index < -0.39 is 0 Å². The Bertz CT molecular complexity index is 471. The topological polar surface area (TPSA) is 48.1 Å². The molecule has 0 amide bonds. The standard InChI is InChI=1S/C14H16N2O/c1-17-14-5-3-2-4-12(14)13(15)10-11-6-8-16-9-7-11/h2-9,13H,10,15H2,1H3.